The van der Waals surface area contributed by atoms with E-state index in [4.69, 9.17) is 0 Å². The van der Waals surface area contributed by atoms with Crippen LogP contribution < -0.4 is 0 Å². The van der Waals surface area contributed by atoms with Gasteiger partial charge in [-0.1, -0.05) is 87.3 Å². The second kappa shape index (κ2) is 16.0. The number of rotatable bonds is 12. The van der Waals surface area contributed by atoms with Gasteiger partial charge in [0.05, 0.1) is 5.70 Å². The van der Waals surface area contributed by atoms with Gasteiger partial charge in [-0.05, 0) is 48.2 Å². The quantitative estimate of drug-likeness (QED) is 0.307. The van der Waals surface area contributed by atoms with E-state index in [1.807, 2.05) is 0 Å². The summed E-state index contributed by atoms with van der Waals surface area (Å²) in [5.41, 5.74) is 1.25. The zero-order valence-electron chi connectivity index (χ0n) is 19.9. The molecule has 0 heterocycles. The van der Waals surface area contributed by atoms with Crippen molar-refractivity contribution in [3.8, 4) is 0 Å². The lowest BCUT2D eigenvalue weighted by Gasteiger charge is -2.23. The second-order valence-corrected chi connectivity index (χ2v) is 8.64. The van der Waals surface area contributed by atoms with Crippen LogP contribution >= 0.6 is 0 Å². The fourth-order valence-corrected chi connectivity index (χ4v) is 2.62. The fourth-order valence-electron chi connectivity index (χ4n) is 2.62. The van der Waals surface area contributed by atoms with Crippen LogP contribution in [0.1, 0.15) is 87.0 Å². The Kier molecular flexibility index (Phi) is 16.6. The van der Waals surface area contributed by atoms with Crippen molar-refractivity contribution >= 4 is 0 Å². The second-order valence-electron chi connectivity index (χ2n) is 8.64. The lowest BCUT2D eigenvalue weighted by Crippen LogP contribution is -2.12. The first kappa shape index (κ1) is 28.2. The Balaban J connectivity index is 0. The summed E-state index contributed by atoms with van der Waals surface area (Å²) < 4.78 is 14.1. The Morgan fingerprint density at radius 1 is 0.889 bits per heavy atom. The van der Waals surface area contributed by atoms with E-state index in [2.05, 4.69) is 61.6 Å². The smallest absolute Gasteiger partial charge is 0.146 e. The van der Waals surface area contributed by atoms with E-state index in [0.29, 0.717) is 17.5 Å². The summed E-state index contributed by atoms with van der Waals surface area (Å²) in [7, 11) is 3.59. The van der Waals surface area contributed by atoms with Crippen LogP contribution in [0.5, 0.6) is 0 Å². The highest BCUT2D eigenvalue weighted by molar-refractivity contribution is 5.29. The Morgan fingerprint density at radius 2 is 1.33 bits per heavy atom. The molecule has 0 saturated carbocycles. The maximum atomic E-state index is 14.1. The molecule has 0 aliphatic rings. The predicted octanol–water partition coefficient (Wildman–Crippen LogP) is 8.40. The number of nitrogens with zero attached hydrogens (tertiary/aromatic N) is 1. The maximum Gasteiger partial charge on any atom is 0.146 e. The van der Waals surface area contributed by atoms with Crippen molar-refractivity contribution in [2.75, 3.05) is 14.1 Å². The molecular formula is C25H48FN. The van der Waals surface area contributed by atoms with Gasteiger partial charge in [-0.2, -0.15) is 0 Å². The Labute approximate surface area is 170 Å². The first-order valence-electron chi connectivity index (χ1n) is 10.9. The number of hydrogen-bond acceptors (Lipinski definition) is 1. The molecule has 0 bridgehead atoms. The Hall–Kier alpha value is -1.05. The lowest BCUT2D eigenvalue weighted by molar-refractivity contribution is 0.301. The Bertz CT molecular complexity index is 436. The van der Waals surface area contributed by atoms with Crippen LogP contribution in [0.15, 0.2) is 36.3 Å². The van der Waals surface area contributed by atoms with Gasteiger partial charge in [0.1, 0.15) is 5.83 Å². The zero-order valence-corrected chi connectivity index (χ0v) is 19.9. The molecule has 0 aliphatic heterocycles. The third-order valence-electron chi connectivity index (χ3n) is 5.60. The van der Waals surface area contributed by atoms with E-state index in [9.17, 15) is 4.39 Å². The van der Waals surface area contributed by atoms with Gasteiger partial charge in [-0.25, -0.2) is 4.39 Å². The summed E-state index contributed by atoms with van der Waals surface area (Å²) in [5, 5.41) is 0. The first-order chi connectivity index (χ1) is 12.5. The molecule has 0 aliphatic carbocycles. The van der Waals surface area contributed by atoms with Crippen LogP contribution in [0.4, 0.5) is 4.39 Å². The molecule has 0 radical (unpaired) electrons. The average molecular weight is 382 g/mol. The minimum Gasteiger partial charge on any atom is -0.376 e. The Morgan fingerprint density at radius 3 is 1.74 bits per heavy atom. The van der Waals surface area contributed by atoms with Gasteiger partial charge < -0.3 is 4.90 Å². The molecule has 0 amide bonds. The largest absolute Gasteiger partial charge is 0.376 e. The molecule has 2 heteroatoms. The summed E-state index contributed by atoms with van der Waals surface area (Å²) in [6.45, 7) is 23.5. The summed E-state index contributed by atoms with van der Waals surface area (Å²) in [6.07, 6.45) is 8.93. The number of halogens is 1. The topological polar surface area (TPSA) is 3.24 Å². The number of likely N-dealkylation sites (N-methyl/N-ethyl adjacent to an activating group) is 1. The summed E-state index contributed by atoms with van der Waals surface area (Å²) >= 11 is 0. The van der Waals surface area contributed by atoms with Crippen molar-refractivity contribution in [1.82, 2.24) is 4.90 Å². The van der Waals surface area contributed by atoms with Gasteiger partial charge in [-0.3, -0.25) is 0 Å². The normalized spacial score (nSPS) is 15.9. The molecule has 0 fully saturated rings. The monoisotopic (exact) mass is 381 g/mol. The molecule has 0 aromatic rings. The van der Waals surface area contributed by atoms with Gasteiger partial charge in [0.15, 0.2) is 0 Å². The molecule has 0 aromatic carbocycles. The maximum absolute atomic E-state index is 14.1. The lowest BCUT2D eigenvalue weighted by atomic mass is 9.83. The van der Waals surface area contributed by atoms with Crippen LogP contribution in [0, 0.1) is 23.7 Å². The number of hydrogen-bond donors (Lipinski definition) is 0. The van der Waals surface area contributed by atoms with Crippen molar-refractivity contribution in [2.45, 2.75) is 87.0 Å². The molecular weight excluding hydrogens is 333 g/mol. The van der Waals surface area contributed by atoms with Crippen molar-refractivity contribution in [1.29, 1.82) is 0 Å². The van der Waals surface area contributed by atoms with E-state index >= 15 is 0 Å². The van der Waals surface area contributed by atoms with E-state index < -0.39 is 0 Å². The molecule has 4 atom stereocenters. The average Bonchev–Trinajstić information content (AvgIpc) is 2.62. The molecule has 0 aromatic heterocycles. The molecule has 160 valence electrons. The molecule has 27 heavy (non-hydrogen) atoms. The minimum absolute atomic E-state index is 0.285. The molecule has 4 unspecified atom stereocenters. The molecule has 0 rings (SSSR count). The van der Waals surface area contributed by atoms with Crippen molar-refractivity contribution in [2.24, 2.45) is 23.7 Å². The van der Waals surface area contributed by atoms with Crippen LogP contribution in [-0.2, 0) is 0 Å². The highest BCUT2D eigenvalue weighted by atomic mass is 19.1. The molecule has 0 spiro atoms. The van der Waals surface area contributed by atoms with Crippen molar-refractivity contribution in [3.63, 3.8) is 0 Å². The summed E-state index contributed by atoms with van der Waals surface area (Å²) in [5.74, 6) is 2.30. The van der Waals surface area contributed by atoms with Crippen molar-refractivity contribution < 1.29 is 4.39 Å². The molecule has 0 saturated heterocycles. The van der Waals surface area contributed by atoms with Gasteiger partial charge >= 0.3 is 0 Å². The first-order valence-corrected chi connectivity index (χ1v) is 10.9. The fraction of sp³-hybridized carbons (Fsp3) is 0.760. The van der Waals surface area contributed by atoms with Gasteiger partial charge in [0.25, 0.3) is 0 Å². The van der Waals surface area contributed by atoms with Crippen molar-refractivity contribution in [3.05, 3.63) is 36.3 Å². The number of allylic oxidation sites excluding steroid dienone is 3. The minimum atomic E-state index is -0.285. The van der Waals surface area contributed by atoms with Crippen LogP contribution in [0.2, 0.25) is 0 Å². The summed E-state index contributed by atoms with van der Waals surface area (Å²) in [6, 6.07) is 0. The highest BCUT2D eigenvalue weighted by Crippen LogP contribution is 2.28. The zero-order chi connectivity index (χ0) is 21.6. The van der Waals surface area contributed by atoms with E-state index in [1.54, 1.807) is 25.1 Å². The third-order valence-corrected chi connectivity index (χ3v) is 5.60. The van der Waals surface area contributed by atoms with E-state index in [0.717, 1.165) is 23.8 Å². The van der Waals surface area contributed by atoms with E-state index in [1.165, 1.54) is 32.1 Å². The van der Waals surface area contributed by atoms with Gasteiger partial charge in [0.2, 0.25) is 0 Å². The SMILES string of the molecule is C=C(/C=C(/F)C(=C)N(C)C)C(C)CCC(C)C(C)CCC(C)CC.CCC. The van der Waals surface area contributed by atoms with Gasteiger partial charge in [0, 0.05) is 14.1 Å². The molecule has 0 N–H and O–H groups in total. The highest BCUT2D eigenvalue weighted by Gasteiger charge is 2.16. The van der Waals surface area contributed by atoms with Gasteiger partial charge in [-0.15, -0.1) is 0 Å². The molecule has 1 nitrogen and oxygen atoms in total. The van der Waals surface area contributed by atoms with Crippen LogP contribution in [0.3, 0.4) is 0 Å². The van der Waals surface area contributed by atoms with Crippen LogP contribution in [-0.4, -0.2) is 19.0 Å². The van der Waals surface area contributed by atoms with Crippen LogP contribution in [0.25, 0.3) is 0 Å². The van der Waals surface area contributed by atoms with E-state index in [-0.39, 0.29) is 5.83 Å². The third kappa shape index (κ3) is 13.7. The summed E-state index contributed by atoms with van der Waals surface area (Å²) in [4.78, 5) is 1.69. The predicted molar refractivity (Wildman–Crippen MR) is 123 cm³/mol. The standard InChI is InChI=1S/C22H40FN.C3H8/c1-10-16(2)11-12-17(3)18(4)13-14-19(5)20(6)15-22(23)21(7)24(8)9;1-3-2/h15-19H,6-7,10-14H2,1-5,8-9H3;3H2,1-2H3/b22-15+;.